The maximum absolute atomic E-state index is 12.6. The number of hydrogen-bond acceptors (Lipinski definition) is 5. The van der Waals surface area contributed by atoms with Gasteiger partial charge in [-0.15, -0.1) is 0 Å². The van der Waals surface area contributed by atoms with Crippen molar-refractivity contribution in [3.8, 4) is 0 Å². The minimum atomic E-state index is 0.00817. The van der Waals surface area contributed by atoms with Crippen LogP contribution in [0.25, 0.3) is 0 Å². The molecule has 118 valence electrons. The fraction of sp³-hybridized carbons (Fsp3) is 0.412. The third-order valence-electron chi connectivity index (χ3n) is 4.84. The van der Waals surface area contributed by atoms with E-state index in [-0.39, 0.29) is 5.91 Å². The van der Waals surface area contributed by atoms with E-state index in [1.54, 1.807) is 24.8 Å². The molecule has 2 atom stereocenters. The average Bonchev–Trinajstić information content (AvgIpc) is 3.19. The molecular weight excluding hydrogens is 290 g/mol. The first-order valence-corrected chi connectivity index (χ1v) is 8.03. The van der Waals surface area contributed by atoms with E-state index in [1.165, 1.54) is 5.56 Å². The first-order valence-electron chi connectivity index (χ1n) is 8.03. The van der Waals surface area contributed by atoms with E-state index in [0.717, 1.165) is 32.5 Å². The zero-order chi connectivity index (χ0) is 15.6. The van der Waals surface area contributed by atoms with Crippen LogP contribution in [0.15, 0.2) is 43.1 Å². The summed E-state index contributed by atoms with van der Waals surface area (Å²) in [7, 11) is 0. The van der Waals surface area contributed by atoms with Crippen LogP contribution in [0.3, 0.4) is 0 Å². The SMILES string of the molecule is O=C(c1cnccn1)N1CC[C@H]2[C@H]1CCN2Cc1cccnc1. The van der Waals surface area contributed by atoms with Crippen LogP contribution < -0.4 is 0 Å². The molecule has 2 aliphatic heterocycles. The van der Waals surface area contributed by atoms with Crippen LogP contribution in [0.4, 0.5) is 0 Å². The second-order valence-corrected chi connectivity index (χ2v) is 6.13. The molecule has 0 saturated carbocycles. The summed E-state index contributed by atoms with van der Waals surface area (Å²) >= 11 is 0. The van der Waals surface area contributed by atoms with Crippen molar-refractivity contribution in [1.29, 1.82) is 0 Å². The van der Waals surface area contributed by atoms with E-state index in [2.05, 4.69) is 25.9 Å². The quantitative estimate of drug-likeness (QED) is 0.857. The summed E-state index contributed by atoms with van der Waals surface area (Å²) in [5.74, 6) is 0.00817. The molecule has 0 spiro atoms. The second kappa shape index (κ2) is 6.04. The van der Waals surface area contributed by atoms with Crippen molar-refractivity contribution in [2.24, 2.45) is 0 Å². The summed E-state index contributed by atoms with van der Waals surface area (Å²) in [5, 5.41) is 0. The highest BCUT2D eigenvalue weighted by Crippen LogP contribution is 2.33. The highest BCUT2D eigenvalue weighted by Gasteiger charge is 2.44. The van der Waals surface area contributed by atoms with Crippen LogP contribution in [0.1, 0.15) is 28.9 Å². The van der Waals surface area contributed by atoms with Gasteiger partial charge in [-0.1, -0.05) is 6.07 Å². The number of pyridine rings is 1. The lowest BCUT2D eigenvalue weighted by atomic mass is 10.1. The number of rotatable bonds is 3. The number of aromatic nitrogens is 3. The zero-order valence-electron chi connectivity index (χ0n) is 12.9. The summed E-state index contributed by atoms with van der Waals surface area (Å²) in [4.78, 5) is 29.5. The summed E-state index contributed by atoms with van der Waals surface area (Å²) in [6.07, 6.45) is 10.5. The molecule has 0 N–H and O–H groups in total. The van der Waals surface area contributed by atoms with E-state index in [9.17, 15) is 4.79 Å². The van der Waals surface area contributed by atoms with Crippen molar-refractivity contribution in [2.45, 2.75) is 31.5 Å². The first kappa shape index (κ1) is 14.3. The molecule has 2 aromatic heterocycles. The average molecular weight is 309 g/mol. The van der Waals surface area contributed by atoms with Gasteiger partial charge in [-0.3, -0.25) is 19.7 Å². The van der Waals surface area contributed by atoms with Gasteiger partial charge in [-0.2, -0.15) is 0 Å². The predicted octanol–water partition coefficient (Wildman–Crippen LogP) is 1.36. The predicted molar refractivity (Wildman–Crippen MR) is 84.5 cm³/mol. The largest absolute Gasteiger partial charge is 0.333 e. The Morgan fingerprint density at radius 2 is 1.96 bits per heavy atom. The molecule has 6 heteroatoms. The fourth-order valence-corrected chi connectivity index (χ4v) is 3.81. The van der Waals surface area contributed by atoms with Crippen molar-refractivity contribution in [1.82, 2.24) is 24.8 Å². The maximum Gasteiger partial charge on any atom is 0.274 e. The lowest BCUT2D eigenvalue weighted by molar-refractivity contribution is 0.0725. The molecule has 2 saturated heterocycles. The second-order valence-electron chi connectivity index (χ2n) is 6.13. The molecule has 2 aliphatic rings. The summed E-state index contributed by atoms with van der Waals surface area (Å²) in [6, 6.07) is 4.82. The van der Waals surface area contributed by atoms with Crippen molar-refractivity contribution in [3.63, 3.8) is 0 Å². The van der Waals surface area contributed by atoms with Crippen LogP contribution in [-0.4, -0.2) is 55.8 Å². The first-order chi connectivity index (χ1) is 11.3. The minimum absolute atomic E-state index is 0.00817. The van der Waals surface area contributed by atoms with Crippen molar-refractivity contribution in [3.05, 3.63) is 54.4 Å². The number of nitrogens with zero attached hydrogens (tertiary/aromatic N) is 5. The third kappa shape index (κ3) is 2.70. The van der Waals surface area contributed by atoms with Gasteiger partial charge in [-0.25, -0.2) is 4.98 Å². The molecule has 1 amide bonds. The van der Waals surface area contributed by atoms with Gasteiger partial charge in [0.2, 0.25) is 0 Å². The van der Waals surface area contributed by atoms with Gasteiger partial charge in [0.25, 0.3) is 5.91 Å². The topological polar surface area (TPSA) is 62.2 Å². The highest BCUT2D eigenvalue weighted by molar-refractivity contribution is 5.92. The molecule has 2 aromatic rings. The normalized spacial score (nSPS) is 23.9. The standard InChI is InChI=1S/C17H19N5O/c23-17(14-11-19-6-7-20-14)22-9-4-15-16(22)3-8-21(15)12-13-2-1-5-18-10-13/h1-2,5-7,10-11,15-16H,3-4,8-9,12H2/t15-,16+/m0/s1. The van der Waals surface area contributed by atoms with Crippen molar-refractivity contribution in [2.75, 3.05) is 13.1 Å². The van der Waals surface area contributed by atoms with E-state index in [0.29, 0.717) is 17.8 Å². The Bertz CT molecular complexity index is 678. The molecule has 2 fully saturated rings. The molecular formula is C17H19N5O. The van der Waals surface area contributed by atoms with E-state index in [4.69, 9.17) is 0 Å². The number of carbonyl (C=O) groups excluding carboxylic acids is 1. The Hall–Kier alpha value is -2.34. The smallest absolute Gasteiger partial charge is 0.274 e. The van der Waals surface area contributed by atoms with Crippen LogP contribution >= 0.6 is 0 Å². The van der Waals surface area contributed by atoms with Crippen molar-refractivity contribution < 1.29 is 4.79 Å². The van der Waals surface area contributed by atoms with E-state index >= 15 is 0 Å². The Morgan fingerprint density at radius 1 is 1.09 bits per heavy atom. The van der Waals surface area contributed by atoms with Gasteiger partial charge >= 0.3 is 0 Å². The van der Waals surface area contributed by atoms with E-state index in [1.807, 2.05) is 17.2 Å². The van der Waals surface area contributed by atoms with Gasteiger partial charge < -0.3 is 4.90 Å². The van der Waals surface area contributed by atoms with Crippen LogP contribution in [-0.2, 0) is 6.54 Å². The molecule has 0 bridgehead atoms. The molecule has 0 unspecified atom stereocenters. The number of amides is 1. The molecule has 0 aromatic carbocycles. The van der Waals surface area contributed by atoms with Crippen LogP contribution in [0.5, 0.6) is 0 Å². The van der Waals surface area contributed by atoms with Crippen LogP contribution in [0, 0.1) is 0 Å². The van der Waals surface area contributed by atoms with Gasteiger partial charge in [-0.05, 0) is 24.5 Å². The molecule has 4 heterocycles. The summed E-state index contributed by atoms with van der Waals surface area (Å²) < 4.78 is 0. The minimum Gasteiger partial charge on any atom is -0.333 e. The lowest BCUT2D eigenvalue weighted by Gasteiger charge is -2.25. The molecule has 23 heavy (non-hydrogen) atoms. The number of fused-ring (bicyclic) bond motifs is 1. The highest BCUT2D eigenvalue weighted by atomic mass is 16.2. The van der Waals surface area contributed by atoms with Gasteiger partial charge in [0.15, 0.2) is 0 Å². The molecule has 0 aliphatic carbocycles. The molecule has 4 rings (SSSR count). The van der Waals surface area contributed by atoms with Gasteiger partial charge in [0.05, 0.1) is 6.20 Å². The molecule has 6 nitrogen and oxygen atoms in total. The summed E-state index contributed by atoms with van der Waals surface area (Å²) in [5.41, 5.74) is 1.67. The zero-order valence-corrected chi connectivity index (χ0v) is 12.9. The van der Waals surface area contributed by atoms with Gasteiger partial charge in [0.1, 0.15) is 5.69 Å². The number of hydrogen-bond donors (Lipinski definition) is 0. The van der Waals surface area contributed by atoms with Crippen LogP contribution in [0.2, 0.25) is 0 Å². The maximum atomic E-state index is 12.6. The Balaban J connectivity index is 1.47. The lowest BCUT2D eigenvalue weighted by Crippen LogP contribution is -2.39. The van der Waals surface area contributed by atoms with Crippen molar-refractivity contribution >= 4 is 5.91 Å². The Kier molecular flexibility index (Phi) is 3.75. The Morgan fingerprint density at radius 3 is 2.74 bits per heavy atom. The molecule has 0 radical (unpaired) electrons. The van der Waals surface area contributed by atoms with E-state index < -0.39 is 0 Å². The fourth-order valence-electron chi connectivity index (χ4n) is 3.81. The van der Waals surface area contributed by atoms with Gasteiger partial charge in [0, 0.05) is 56.5 Å². The summed E-state index contributed by atoms with van der Waals surface area (Å²) in [6.45, 7) is 2.73. The monoisotopic (exact) mass is 309 g/mol. The Labute approximate surface area is 135 Å². The number of likely N-dealkylation sites (tertiary alicyclic amines) is 2. The number of carbonyl (C=O) groups is 1. The third-order valence-corrected chi connectivity index (χ3v) is 4.84.